The molecule has 0 aliphatic heterocycles. The second-order valence-corrected chi connectivity index (χ2v) is 6.04. The number of carbonyl (C=O) groups excluding carboxylic acids is 2. The molecule has 0 saturated heterocycles. The fourth-order valence-corrected chi connectivity index (χ4v) is 2.62. The van der Waals surface area contributed by atoms with Gasteiger partial charge in [0, 0.05) is 35.5 Å². The van der Waals surface area contributed by atoms with Crippen molar-refractivity contribution in [3.05, 3.63) is 84.7 Å². The number of nitrogens with zero attached hydrogens (tertiary/aromatic N) is 3. The average Bonchev–Trinajstić information content (AvgIpc) is 2.77. The molecule has 3 aromatic rings. The zero-order valence-corrected chi connectivity index (χ0v) is 15.9. The molecule has 0 bridgehead atoms. The fraction of sp³-hybridized carbons (Fsp3) is 0.0909. The van der Waals surface area contributed by atoms with Gasteiger partial charge in [-0.25, -0.2) is 0 Å². The number of carbonyl (C=O) groups is 2. The standard InChI is InChI=1S/C22H21N5O2/c1-2-25-27(20-11-13-23-14-12-20)21(28)16-24-19-10-6-7-17(15-19)22(29)26-18-8-4-3-5-9-18/h2-15,24H,16H2,1H3,(H,26,29). The van der Waals surface area contributed by atoms with E-state index in [0.29, 0.717) is 16.9 Å². The molecule has 0 radical (unpaired) electrons. The Labute approximate surface area is 169 Å². The van der Waals surface area contributed by atoms with Crippen molar-refractivity contribution >= 4 is 35.1 Å². The largest absolute Gasteiger partial charge is 0.376 e. The SMILES string of the molecule is CC=NN(C(=O)CNc1cccc(C(=O)Nc2ccccc2)c1)c1ccncc1. The Morgan fingerprint density at radius 3 is 2.45 bits per heavy atom. The van der Waals surface area contributed by atoms with Crippen molar-refractivity contribution in [1.82, 2.24) is 4.98 Å². The molecule has 0 fully saturated rings. The summed E-state index contributed by atoms with van der Waals surface area (Å²) in [4.78, 5) is 29.0. The second kappa shape index (κ2) is 9.80. The zero-order chi connectivity index (χ0) is 20.5. The molecule has 0 saturated carbocycles. The highest BCUT2D eigenvalue weighted by Gasteiger charge is 2.14. The average molecular weight is 387 g/mol. The number of nitrogens with one attached hydrogen (secondary N) is 2. The summed E-state index contributed by atoms with van der Waals surface area (Å²) in [5.74, 6) is -0.464. The van der Waals surface area contributed by atoms with Crippen molar-refractivity contribution in [1.29, 1.82) is 0 Å². The van der Waals surface area contributed by atoms with Crippen molar-refractivity contribution in [2.24, 2.45) is 5.10 Å². The minimum absolute atomic E-state index is 0.0173. The van der Waals surface area contributed by atoms with E-state index in [0.717, 1.165) is 5.69 Å². The van der Waals surface area contributed by atoms with E-state index in [1.807, 2.05) is 30.3 Å². The number of amides is 2. The van der Waals surface area contributed by atoms with Crippen LogP contribution in [0, 0.1) is 0 Å². The van der Waals surface area contributed by atoms with Gasteiger partial charge in [0.1, 0.15) is 0 Å². The monoisotopic (exact) mass is 387 g/mol. The van der Waals surface area contributed by atoms with Crippen LogP contribution in [0.5, 0.6) is 0 Å². The third kappa shape index (κ3) is 5.49. The third-order valence-corrected chi connectivity index (χ3v) is 3.97. The first-order valence-corrected chi connectivity index (χ1v) is 9.09. The number of benzene rings is 2. The van der Waals surface area contributed by atoms with Gasteiger partial charge < -0.3 is 10.6 Å². The predicted molar refractivity (Wildman–Crippen MR) is 115 cm³/mol. The van der Waals surface area contributed by atoms with E-state index < -0.39 is 0 Å². The van der Waals surface area contributed by atoms with Crippen LogP contribution >= 0.6 is 0 Å². The Hall–Kier alpha value is -4.00. The number of hydrazone groups is 1. The van der Waals surface area contributed by atoms with E-state index in [1.165, 1.54) is 5.01 Å². The molecule has 2 N–H and O–H groups in total. The number of hydrogen-bond donors (Lipinski definition) is 2. The molecule has 0 spiro atoms. The van der Waals surface area contributed by atoms with Gasteiger partial charge in [-0.1, -0.05) is 24.3 Å². The topological polar surface area (TPSA) is 86.7 Å². The number of aromatic nitrogens is 1. The normalized spacial score (nSPS) is 10.5. The smallest absolute Gasteiger partial charge is 0.266 e. The molecular weight excluding hydrogens is 366 g/mol. The highest BCUT2D eigenvalue weighted by molar-refractivity contribution is 6.05. The number of para-hydroxylation sites is 1. The number of hydrogen-bond acceptors (Lipinski definition) is 5. The van der Waals surface area contributed by atoms with Crippen molar-refractivity contribution in [2.45, 2.75) is 6.92 Å². The van der Waals surface area contributed by atoms with E-state index >= 15 is 0 Å². The first kappa shape index (κ1) is 19.8. The van der Waals surface area contributed by atoms with Gasteiger partial charge in [0.05, 0.1) is 12.2 Å². The van der Waals surface area contributed by atoms with E-state index in [2.05, 4.69) is 20.7 Å². The molecule has 2 amide bonds. The lowest BCUT2D eigenvalue weighted by Crippen LogP contribution is -2.31. The van der Waals surface area contributed by atoms with Gasteiger partial charge in [-0.2, -0.15) is 10.1 Å². The Morgan fingerprint density at radius 2 is 1.72 bits per heavy atom. The van der Waals surface area contributed by atoms with Crippen LogP contribution in [0.15, 0.2) is 84.2 Å². The van der Waals surface area contributed by atoms with Crippen LogP contribution in [0.25, 0.3) is 0 Å². The highest BCUT2D eigenvalue weighted by Crippen LogP contribution is 2.15. The summed E-state index contributed by atoms with van der Waals surface area (Å²) in [6.45, 7) is 1.76. The lowest BCUT2D eigenvalue weighted by atomic mass is 10.2. The molecule has 2 aromatic carbocycles. The minimum Gasteiger partial charge on any atom is -0.376 e. The molecule has 0 aliphatic rings. The van der Waals surface area contributed by atoms with Crippen molar-refractivity contribution in [3.63, 3.8) is 0 Å². The van der Waals surface area contributed by atoms with Crippen molar-refractivity contribution < 1.29 is 9.59 Å². The summed E-state index contributed by atoms with van der Waals surface area (Å²) in [6, 6.07) is 19.6. The molecule has 0 atom stereocenters. The van der Waals surface area contributed by atoms with Crippen molar-refractivity contribution in [2.75, 3.05) is 22.2 Å². The lowest BCUT2D eigenvalue weighted by Gasteiger charge is -2.17. The molecule has 0 unspecified atom stereocenters. The molecular formula is C22H21N5O2. The Bertz CT molecular complexity index is 990. The maximum Gasteiger partial charge on any atom is 0.266 e. The van der Waals surface area contributed by atoms with Gasteiger partial charge in [0.25, 0.3) is 11.8 Å². The van der Waals surface area contributed by atoms with Gasteiger partial charge in [-0.15, -0.1) is 0 Å². The van der Waals surface area contributed by atoms with Gasteiger partial charge in [-0.05, 0) is 49.4 Å². The molecule has 1 aromatic heterocycles. The molecule has 29 heavy (non-hydrogen) atoms. The van der Waals surface area contributed by atoms with E-state index in [4.69, 9.17) is 0 Å². The van der Waals surface area contributed by atoms with Crippen LogP contribution < -0.4 is 15.6 Å². The summed E-state index contributed by atoms with van der Waals surface area (Å²) in [7, 11) is 0. The van der Waals surface area contributed by atoms with Gasteiger partial charge >= 0.3 is 0 Å². The summed E-state index contributed by atoms with van der Waals surface area (Å²) in [5.41, 5.74) is 2.50. The van der Waals surface area contributed by atoms with Gasteiger partial charge in [0.2, 0.25) is 0 Å². The molecule has 146 valence electrons. The summed E-state index contributed by atoms with van der Waals surface area (Å²) in [5, 5.41) is 11.3. The number of pyridine rings is 1. The van der Waals surface area contributed by atoms with Crippen LogP contribution in [0.1, 0.15) is 17.3 Å². The maximum absolute atomic E-state index is 12.6. The molecule has 7 heteroatoms. The first-order valence-electron chi connectivity index (χ1n) is 9.09. The second-order valence-electron chi connectivity index (χ2n) is 6.04. The first-order chi connectivity index (χ1) is 14.2. The van der Waals surface area contributed by atoms with Crippen LogP contribution in [0.4, 0.5) is 17.1 Å². The quantitative estimate of drug-likeness (QED) is 0.477. The lowest BCUT2D eigenvalue weighted by molar-refractivity contribution is -0.117. The Kier molecular flexibility index (Phi) is 6.67. The van der Waals surface area contributed by atoms with Crippen LogP contribution in [0.3, 0.4) is 0 Å². The van der Waals surface area contributed by atoms with Gasteiger partial charge in [-0.3, -0.25) is 14.6 Å². The van der Waals surface area contributed by atoms with Crippen molar-refractivity contribution in [3.8, 4) is 0 Å². The predicted octanol–water partition coefficient (Wildman–Crippen LogP) is 3.78. The Morgan fingerprint density at radius 1 is 1.00 bits per heavy atom. The minimum atomic E-state index is -0.242. The van der Waals surface area contributed by atoms with E-state index in [-0.39, 0.29) is 18.4 Å². The third-order valence-electron chi connectivity index (χ3n) is 3.97. The van der Waals surface area contributed by atoms with Crippen LogP contribution in [0.2, 0.25) is 0 Å². The zero-order valence-electron chi connectivity index (χ0n) is 15.9. The summed E-state index contributed by atoms with van der Waals surface area (Å²) in [6.07, 6.45) is 4.75. The highest BCUT2D eigenvalue weighted by atomic mass is 16.2. The van der Waals surface area contributed by atoms with Gasteiger partial charge in [0.15, 0.2) is 0 Å². The fourth-order valence-electron chi connectivity index (χ4n) is 2.62. The Balaban J connectivity index is 1.65. The van der Waals surface area contributed by atoms with E-state index in [1.54, 1.807) is 61.9 Å². The number of anilines is 3. The molecule has 1 heterocycles. The molecule has 7 nitrogen and oxygen atoms in total. The van der Waals surface area contributed by atoms with Crippen LogP contribution in [-0.4, -0.2) is 29.6 Å². The maximum atomic E-state index is 12.6. The molecule has 3 rings (SSSR count). The number of rotatable bonds is 7. The summed E-state index contributed by atoms with van der Waals surface area (Å²) >= 11 is 0. The summed E-state index contributed by atoms with van der Waals surface area (Å²) < 4.78 is 0. The van der Waals surface area contributed by atoms with E-state index in [9.17, 15) is 9.59 Å². The van der Waals surface area contributed by atoms with Crippen LogP contribution in [-0.2, 0) is 4.79 Å². The molecule has 0 aliphatic carbocycles.